The number of hydrogen-bond acceptors (Lipinski definition) is 5. The van der Waals surface area contributed by atoms with Crippen molar-refractivity contribution >= 4 is 23.7 Å². The van der Waals surface area contributed by atoms with E-state index in [0.29, 0.717) is 35.8 Å². The van der Waals surface area contributed by atoms with Gasteiger partial charge in [-0.25, -0.2) is 9.07 Å². The lowest BCUT2D eigenvalue weighted by Crippen LogP contribution is -2.47. The number of para-hydroxylation sites is 1. The Kier molecular flexibility index (Phi) is 5.78. The number of nitrogens with zero attached hydrogens (tertiary/aromatic N) is 5. The molecule has 0 radical (unpaired) electrons. The number of carbonyl (C=O) groups is 1. The number of carbonyl (C=O) groups excluding carboxylic acids is 1. The summed E-state index contributed by atoms with van der Waals surface area (Å²) in [5, 5.41) is 4.63. The number of halogens is 1. The Morgan fingerprint density at radius 1 is 1.10 bits per heavy atom. The lowest BCUT2D eigenvalue weighted by Gasteiger charge is -2.36. The Labute approximate surface area is 180 Å². The largest absolute Gasteiger partial charge is 0.367 e. The maximum Gasteiger partial charge on any atom is 0.203 e. The molecule has 0 aliphatic carbocycles. The summed E-state index contributed by atoms with van der Waals surface area (Å²) in [5.74, 6) is 0.361. The predicted molar refractivity (Wildman–Crippen MR) is 117 cm³/mol. The van der Waals surface area contributed by atoms with Gasteiger partial charge in [0.05, 0.1) is 12.4 Å². The zero-order valence-electron chi connectivity index (χ0n) is 17.1. The lowest BCUT2D eigenvalue weighted by atomic mass is 10.1. The summed E-state index contributed by atoms with van der Waals surface area (Å²) in [7, 11) is 0. The summed E-state index contributed by atoms with van der Waals surface area (Å²) in [6, 6.07) is 14.7. The zero-order chi connectivity index (χ0) is 21.3. The highest BCUT2D eigenvalue weighted by Gasteiger charge is 2.21. The molecule has 0 N–H and O–H groups in total. The molecular weight excluding hydrogens is 401 g/mol. The number of piperazine rings is 1. The van der Waals surface area contributed by atoms with Crippen LogP contribution in [-0.4, -0.2) is 51.2 Å². The Morgan fingerprint density at radius 2 is 1.80 bits per heavy atom. The smallest absolute Gasteiger partial charge is 0.203 e. The molecule has 0 bridgehead atoms. The first-order valence-electron chi connectivity index (χ1n) is 9.93. The third-order valence-electron chi connectivity index (χ3n) is 5.42. The first-order chi connectivity index (χ1) is 14.4. The molecule has 2 heterocycles. The normalized spacial score (nSPS) is 14.8. The molecule has 1 saturated heterocycles. The van der Waals surface area contributed by atoms with Crippen LogP contribution in [-0.2, 0) is 6.67 Å². The molecule has 0 atom stereocenters. The van der Waals surface area contributed by atoms with Gasteiger partial charge in [-0.15, -0.1) is 0 Å². The number of benzene rings is 2. The van der Waals surface area contributed by atoms with Crippen LogP contribution in [0.5, 0.6) is 0 Å². The maximum atomic E-state index is 14.5. The SMILES string of the molecule is CC(=O)c1ccc(N2CCN(Cn3nc(C)n(-c4ccccc4)c3=S)CC2)c(F)c1. The summed E-state index contributed by atoms with van der Waals surface area (Å²) in [5.41, 5.74) is 1.94. The standard InChI is InChI=1S/C22H24FN5OS/c1-16(29)18-8-9-21(20(23)14-18)26-12-10-25(11-13-26)15-27-22(30)28(17(2)24-27)19-6-4-3-5-7-19/h3-9,14H,10-13,15H2,1-2H3. The third kappa shape index (κ3) is 4.06. The van der Waals surface area contributed by atoms with Gasteiger partial charge in [0.2, 0.25) is 4.77 Å². The quantitative estimate of drug-likeness (QED) is 0.459. The van der Waals surface area contributed by atoms with Gasteiger partial charge in [-0.3, -0.25) is 14.3 Å². The molecular formula is C22H24FN5OS. The number of Topliss-reactive ketones (excluding diaryl/α,β-unsaturated/α-hetero) is 1. The molecule has 3 aromatic rings. The average Bonchev–Trinajstić information content (AvgIpc) is 3.02. The maximum absolute atomic E-state index is 14.5. The second kappa shape index (κ2) is 8.49. The minimum absolute atomic E-state index is 0.132. The van der Waals surface area contributed by atoms with Gasteiger partial charge in [-0.05, 0) is 56.4 Å². The van der Waals surface area contributed by atoms with Crippen molar-refractivity contribution < 1.29 is 9.18 Å². The number of anilines is 1. The van der Waals surface area contributed by atoms with Crippen LogP contribution < -0.4 is 4.90 Å². The minimum Gasteiger partial charge on any atom is -0.367 e. The number of aryl methyl sites for hydroxylation is 1. The summed E-state index contributed by atoms with van der Waals surface area (Å²) in [6.07, 6.45) is 0. The molecule has 0 spiro atoms. The molecule has 1 aliphatic rings. The second-order valence-electron chi connectivity index (χ2n) is 7.47. The van der Waals surface area contributed by atoms with Crippen LogP contribution in [0.25, 0.3) is 5.69 Å². The van der Waals surface area contributed by atoms with Gasteiger partial charge >= 0.3 is 0 Å². The van der Waals surface area contributed by atoms with E-state index < -0.39 is 0 Å². The van der Waals surface area contributed by atoms with Gasteiger partial charge < -0.3 is 4.90 Å². The highest BCUT2D eigenvalue weighted by atomic mass is 32.1. The van der Waals surface area contributed by atoms with Gasteiger partial charge in [0.15, 0.2) is 5.78 Å². The van der Waals surface area contributed by atoms with Crippen LogP contribution in [0.3, 0.4) is 0 Å². The molecule has 2 aromatic carbocycles. The third-order valence-corrected chi connectivity index (χ3v) is 5.81. The van der Waals surface area contributed by atoms with E-state index in [1.807, 2.05) is 51.4 Å². The van der Waals surface area contributed by atoms with Crippen LogP contribution in [0, 0.1) is 17.5 Å². The van der Waals surface area contributed by atoms with Gasteiger partial charge in [0.1, 0.15) is 11.6 Å². The van der Waals surface area contributed by atoms with E-state index in [9.17, 15) is 9.18 Å². The monoisotopic (exact) mass is 425 g/mol. The fraction of sp³-hybridized carbons (Fsp3) is 0.318. The van der Waals surface area contributed by atoms with E-state index in [1.165, 1.54) is 13.0 Å². The molecule has 8 heteroatoms. The molecule has 1 fully saturated rings. The van der Waals surface area contributed by atoms with Crippen LogP contribution in [0.2, 0.25) is 0 Å². The lowest BCUT2D eigenvalue weighted by molar-refractivity contribution is 0.101. The Bertz CT molecular complexity index is 1120. The van der Waals surface area contributed by atoms with E-state index in [1.54, 1.807) is 12.1 Å². The van der Waals surface area contributed by atoms with E-state index >= 15 is 0 Å². The summed E-state index contributed by atoms with van der Waals surface area (Å²) < 4.78 is 18.9. The van der Waals surface area contributed by atoms with Crippen molar-refractivity contribution in [1.82, 2.24) is 19.2 Å². The Morgan fingerprint density at radius 3 is 2.43 bits per heavy atom. The highest BCUT2D eigenvalue weighted by Crippen LogP contribution is 2.22. The number of aromatic nitrogens is 3. The van der Waals surface area contributed by atoms with Crippen LogP contribution in [0.15, 0.2) is 48.5 Å². The zero-order valence-corrected chi connectivity index (χ0v) is 17.9. The van der Waals surface area contributed by atoms with Crippen molar-refractivity contribution in [3.63, 3.8) is 0 Å². The first-order valence-corrected chi connectivity index (χ1v) is 10.3. The summed E-state index contributed by atoms with van der Waals surface area (Å²) in [4.78, 5) is 15.7. The molecule has 30 heavy (non-hydrogen) atoms. The summed E-state index contributed by atoms with van der Waals surface area (Å²) in [6.45, 7) is 6.92. The Balaban J connectivity index is 1.44. The van der Waals surface area contributed by atoms with Crippen molar-refractivity contribution in [2.75, 3.05) is 31.1 Å². The molecule has 1 aliphatic heterocycles. The fourth-order valence-corrected chi connectivity index (χ4v) is 4.12. The van der Waals surface area contributed by atoms with Crippen LogP contribution >= 0.6 is 12.2 Å². The number of rotatable bonds is 5. The molecule has 6 nitrogen and oxygen atoms in total. The van der Waals surface area contributed by atoms with Gasteiger partial charge in [-0.1, -0.05) is 18.2 Å². The number of ketones is 1. The van der Waals surface area contributed by atoms with Gasteiger partial charge in [-0.2, -0.15) is 5.10 Å². The van der Waals surface area contributed by atoms with Crippen molar-refractivity contribution in [2.24, 2.45) is 0 Å². The topological polar surface area (TPSA) is 46.3 Å². The molecule has 0 saturated carbocycles. The first kappa shape index (κ1) is 20.4. The van der Waals surface area contributed by atoms with E-state index in [-0.39, 0.29) is 11.6 Å². The Hall–Kier alpha value is -2.84. The molecule has 1 aromatic heterocycles. The molecule has 0 unspecified atom stereocenters. The van der Waals surface area contributed by atoms with E-state index in [0.717, 1.165) is 24.6 Å². The van der Waals surface area contributed by atoms with Gasteiger partial charge in [0, 0.05) is 37.4 Å². The van der Waals surface area contributed by atoms with Crippen LogP contribution in [0.4, 0.5) is 10.1 Å². The van der Waals surface area contributed by atoms with E-state index in [2.05, 4.69) is 10.00 Å². The van der Waals surface area contributed by atoms with Crippen molar-refractivity contribution in [2.45, 2.75) is 20.5 Å². The van der Waals surface area contributed by atoms with E-state index in [4.69, 9.17) is 12.2 Å². The molecule has 4 rings (SSSR count). The van der Waals surface area contributed by atoms with Crippen molar-refractivity contribution in [3.05, 3.63) is 70.5 Å². The second-order valence-corrected chi connectivity index (χ2v) is 7.83. The van der Waals surface area contributed by atoms with Crippen LogP contribution in [0.1, 0.15) is 23.1 Å². The van der Waals surface area contributed by atoms with Crippen molar-refractivity contribution in [1.29, 1.82) is 0 Å². The summed E-state index contributed by atoms with van der Waals surface area (Å²) >= 11 is 5.66. The number of hydrogen-bond donors (Lipinski definition) is 0. The molecule has 0 amide bonds. The minimum atomic E-state index is -0.351. The fourth-order valence-electron chi connectivity index (χ4n) is 3.78. The predicted octanol–water partition coefficient (Wildman–Crippen LogP) is 3.83. The molecule has 156 valence electrons. The van der Waals surface area contributed by atoms with Crippen molar-refractivity contribution in [3.8, 4) is 5.69 Å². The average molecular weight is 426 g/mol. The van der Waals surface area contributed by atoms with Gasteiger partial charge in [0.25, 0.3) is 0 Å². The highest BCUT2D eigenvalue weighted by molar-refractivity contribution is 7.71.